The van der Waals surface area contributed by atoms with Gasteiger partial charge in [0.1, 0.15) is 5.56 Å². The van der Waals surface area contributed by atoms with E-state index in [1.54, 1.807) is 0 Å². The van der Waals surface area contributed by atoms with Gasteiger partial charge in [0.2, 0.25) is 5.82 Å². The minimum atomic E-state index is -2.29. The Morgan fingerprint density at radius 3 is 1.85 bits per heavy atom. The van der Waals surface area contributed by atoms with Gasteiger partial charge in [0.15, 0.2) is 23.3 Å². The summed E-state index contributed by atoms with van der Waals surface area (Å²) in [5.41, 5.74) is 3.64. The van der Waals surface area contributed by atoms with Crippen LogP contribution in [0.4, 0.5) is 22.0 Å². The summed E-state index contributed by atoms with van der Waals surface area (Å²) in [7, 11) is 0. The van der Waals surface area contributed by atoms with Crippen molar-refractivity contribution in [1.82, 2.24) is 5.32 Å². The molecule has 110 valence electrons. The topological polar surface area (TPSA) is 55.1 Å². The maximum absolute atomic E-state index is 13.4. The zero-order chi connectivity index (χ0) is 15.1. The lowest BCUT2D eigenvalue weighted by Crippen LogP contribution is -2.35. The highest BCUT2D eigenvalue weighted by atomic mass is 19.2. The van der Waals surface area contributed by atoms with Crippen molar-refractivity contribution in [3.63, 3.8) is 0 Å². The Kier molecular flexibility index (Phi) is 3.68. The molecule has 2 rings (SSSR count). The Labute approximate surface area is 110 Å². The van der Waals surface area contributed by atoms with Gasteiger partial charge < -0.3 is 11.1 Å². The summed E-state index contributed by atoms with van der Waals surface area (Å²) in [5.74, 6) is -12.2. The third kappa shape index (κ3) is 2.35. The molecule has 8 heteroatoms. The van der Waals surface area contributed by atoms with Crippen LogP contribution in [-0.2, 0) is 0 Å². The Morgan fingerprint density at radius 2 is 1.45 bits per heavy atom. The largest absolute Gasteiger partial charge is 0.351 e. The predicted octanol–water partition coefficient (Wildman–Crippen LogP) is 1.85. The van der Waals surface area contributed by atoms with Gasteiger partial charge in [-0.3, -0.25) is 4.79 Å². The van der Waals surface area contributed by atoms with E-state index in [-0.39, 0.29) is 18.5 Å². The van der Waals surface area contributed by atoms with E-state index in [9.17, 15) is 26.7 Å². The first-order chi connectivity index (χ1) is 9.33. The van der Waals surface area contributed by atoms with E-state index in [1.807, 2.05) is 0 Å². The summed E-state index contributed by atoms with van der Waals surface area (Å²) in [6, 6.07) is 0. The number of amides is 1. The van der Waals surface area contributed by atoms with Crippen molar-refractivity contribution >= 4 is 5.91 Å². The standard InChI is InChI=1S/C12H11F5N2O/c13-6-5(7(14)9(16)10(17)8(6)15)11(20)19-4-12(3-18)1-2-12/h1-4,18H2,(H,19,20). The fourth-order valence-electron chi connectivity index (χ4n) is 1.79. The molecule has 1 amide bonds. The first kappa shape index (κ1) is 14.7. The van der Waals surface area contributed by atoms with Crippen molar-refractivity contribution in [2.45, 2.75) is 12.8 Å². The predicted molar refractivity (Wildman–Crippen MR) is 59.3 cm³/mol. The second kappa shape index (κ2) is 5.01. The molecular formula is C12H11F5N2O. The Bertz CT molecular complexity index is 542. The van der Waals surface area contributed by atoms with Gasteiger partial charge in [-0.25, -0.2) is 22.0 Å². The first-order valence-electron chi connectivity index (χ1n) is 5.83. The number of carbonyl (C=O) groups excluding carboxylic acids is 1. The molecule has 1 fully saturated rings. The highest BCUT2D eigenvalue weighted by molar-refractivity contribution is 5.94. The van der Waals surface area contributed by atoms with E-state index < -0.39 is 40.6 Å². The van der Waals surface area contributed by atoms with Gasteiger partial charge in [0.25, 0.3) is 5.91 Å². The van der Waals surface area contributed by atoms with Crippen LogP contribution in [0.1, 0.15) is 23.2 Å². The highest BCUT2D eigenvalue weighted by Crippen LogP contribution is 2.43. The third-order valence-electron chi connectivity index (χ3n) is 3.45. The molecule has 0 aromatic heterocycles. The molecule has 0 unspecified atom stereocenters. The van der Waals surface area contributed by atoms with E-state index in [0.717, 1.165) is 12.8 Å². The van der Waals surface area contributed by atoms with Crippen LogP contribution in [0, 0.1) is 34.5 Å². The van der Waals surface area contributed by atoms with Crippen molar-refractivity contribution in [3.8, 4) is 0 Å². The molecule has 0 spiro atoms. The molecule has 1 saturated carbocycles. The molecule has 1 aliphatic rings. The number of carbonyl (C=O) groups is 1. The first-order valence-corrected chi connectivity index (χ1v) is 5.83. The van der Waals surface area contributed by atoms with Gasteiger partial charge in [0.05, 0.1) is 0 Å². The number of benzene rings is 1. The van der Waals surface area contributed by atoms with Crippen LogP contribution < -0.4 is 11.1 Å². The zero-order valence-corrected chi connectivity index (χ0v) is 10.2. The molecule has 3 nitrogen and oxygen atoms in total. The fourth-order valence-corrected chi connectivity index (χ4v) is 1.79. The van der Waals surface area contributed by atoms with E-state index in [4.69, 9.17) is 5.73 Å². The maximum atomic E-state index is 13.4. The summed E-state index contributed by atoms with van der Waals surface area (Å²) in [4.78, 5) is 11.6. The summed E-state index contributed by atoms with van der Waals surface area (Å²) >= 11 is 0. The van der Waals surface area contributed by atoms with Gasteiger partial charge in [-0.15, -0.1) is 0 Å². The van der Waals surface area contributed by atoms with Crippen LogP contribution in [0.25, 0.3) is 0 Å². The van der Waals surface area contributed by atoms with Crippen molar-refractivity contribution in [2.24, 2.45) is 11.1 Å². The molecule has 1 aromatic rings. The van der Waals surface area contributed by atoms with Crippen molar-refractivity contribution in [1.29, 1.82) is 0 Å². The molecule has 0 radical (unpaired) electrons. The van der Waals surface area contributed by atoms with Crippen molar-refractivity contribution in [3.05, 3.63) is 34.6 Å². The molecule has 1 aliphatic carbocycles. The number of halogens is 5. The zero-order valence-electron chi connectivity index (χ0n) is 10.2. The van der Waals surface area contributed by atoms with Crippen molar-refractivity contribution in [2.75, 3.05) is 13.1 Å². The Morgan fingerprint density at radius 1 is 1.00 bits per heavy atom. The number of rotatable bonds is 4. The van der Waals surface area contributed by atoms with E-state index in [2.05, 4.69) is 5.32 Å². The average Bonchev–Trinajstić information content (AvgIpc) is 3.22. The van der Waals surface area contributed by atoms with E-state index in [0.29, 0.717) is 0 Å². The second-order valence-electron chi connectivity index (χ2n) is 4.83. The lowest BCUT2D eigenvalue weighted by molar-refractivity contribution is 0.0933. The summed E-state index contributed by atoms with van der Waals surface area (Å²) < 4.78 is 65.5. The highest BCUT2D eigenvalue weighted by Gasteiger charge is 2.41. The lowest BCUT2D eigenvalue weighted by atomic mass is 10.1. The molecule has 0 bridgehead atoms. The van der Waals surface area contributed by atoms with E-state index in [1.165, 1.54) is 0 Å². The Hall–Kier alpha value is -1.70. The molecular weight excluding hydrogens is 283 g/mol. The quantitative estimate of drug-likeness (QED) is 0.506. The summed E-state index contributed by atoms with van der Waals surface area (Å²) in [5, 5.41) is 2.15. The molecule has 0 heterocycles. The number of hydrogen-bond acceptors (Lipinski definition) is 2. The van der Waals surface area contributed by atoms with Gasteiger partial charge in [0, 0.05) is 12.0 Å². The number of nitrogens with one attached hydrogen (secondary N) is 1. The normalized spacial score (nSPS) is 16.1. The van der Waals surface area contributed by atoms with Crippen molar-refractivity contribution < 1.29 is 26.7 Å². The fraction of sp³-hybridized carbons (Fsp3) is 0.417. The third-order valence-corrected chi connectivity index (χ3v) is 3.45. The number of nitrogens with two attached hydrogens (primary N) is 1. The summed E-state index contributed by atoms with van der Waals surface area (Å²) in [6.07, 6.45) is 1.47. The molecule has 0 saturated heterocycles. The van der Waals surface area contributed by atoms with Crippen LogP contribution in [0.3, 0.4) is 0 Å². The van der Waals surface area contributed by atoms with Gasteiger partial charge in [-0.2, -0.15) is 0 Å². The molecule has 0 atom stereocenters. The van der Waals surface area contributed by atoms with E-state index >= 15 is 0 Å². The average molecular weight is 294 g/mol. The van der Waals surface area contributed by atoms with Gasteiger partial charge >= 0.3 is 0 Å². The monoisotopic (exact) mass is 294 g/mol. The minimum Gasteiger partial charge on any atom is -0.351 e. The molecule has 0 aliphatic heterocycles. The van der Waals surface area contributed by atoms with Crippen LogP contribution in [0.2, 0.25) is 0 Å². The Balaban J connectivity index is 2.26. The lowest BCUT2D eigenvalue weighted by Gasteiger charge is -2.14. The maximum Gasteiger partial charge on any atom is 0.257 e. The van der Waals surface area contributed by atoms with Crippen LogP contribution >= 0.6 is 0 Å². The number of hydrogen-bond donors (Lipinski definition) is 2. The van der Waals surface area contributed by atoms with Crippen LogP contribution in [-0.4, -0.2) is 19.0 Å². The molecule has 3 N–H and O–H groups in total. The van der Waals surface area contributed by atoms with Gasteiger partial charge in [-0.1, -0.05) is 0 Å². The minimum absolute atomic E-state index is 0.0296. The second-order valence-corrected chi connectivity index (χ2v) is 4.83. The van der Waals surface area contributed by atoms with Crippen LogP contribution in [0.15, 0.2) is 0 Å². The smallest absolute Gasteiger partial charge is 0.257 e. The SMILES string of the molecule is NCC1(CNC(=O)c2c(F)c(F)c(F)c(F)c2F)CC1. The summed E-state index contributed by atoms with van der Waals surface area (Å²) in [6.45, 7) is 0.298. The molecule has 20 heavy (non-hydrogen) atoms. The molecule has 1 aromatic carbocycles. The van der Waals surface area contributed by atoms with Gasteiger partial charge in [-0.05, 0) is 19.4 Å². The van der Waals surface area contributed by atoms with Crippen LogP contribution in [0.5, 0.6) is 0 Å².